The van der Waals surface area contributed by atoms with Crippen molar-refractivity contribution in [2.45, 2.75) is 48.8 Å². The lowest BCUT2D eigenvalue weighted by Gasteiger charge is -2.31. The lowest BCUT2D eigenvalue weighted by atomic mass is 9.94. The zero-order chi connectivity index (χ0) is 18.5. The van der Waals surface area contributed by atoms with Crippen molar-refractivity contribution in [3.05, 3.63) is 57.8 Å². The Morgan fingerprint density at radius 3 is 2.58 bits per heavy atom. The fraction of sp³-hybridized carbons (Fsp3) is 0.400. The van der Waals surface area contributed by atoms with E-state index in [9.17, 15) is 4.79 Å². The third-order valence-electron chi connectivity index (χ3n) is 4.79. The maximum absolute atomic E-state index is 12.8. The molecular weight excluding hydrogens is 387 g/mol. The molecule has 0 spiro atoms. The molecule has 0 atom stereocenters. The van der Waals surface area contributed by atoms with E-state index < -0.39 is 0 Å². The van der Waals surface area contributed by atoms with Gasteiger partial charge in [-0.3, -0.25) is 9.78 Å². The van der Waals surface area contributed by atoms with E-state index in [-0.39, 0.29) is 5.91 Å². The van der Waals surface area contributed by atoms with Gasteiger partial charge in [-0.15, -0.1) is 11.8 Å². The molecule has 0 N–H and O–H groups in total. The van der Waals surface area contributed by atoms with Gasteiger partial charge in [0.2, 0.25) is 0 Å². The van der Waals surface area contributed by atoms with Crippen molar-refractivity contribution in [1.82, 2.24) is 9.88 Å². The molecule has 1 fully saturated rings. The van der Waals surface area contributed by atoms with Crippen molar-refractivity contribution in [3.8, 4) is 0 Å². The molecule has 6 heteroatoms. The van der Waals surface area contributed by atoms with E-state index in [1.54, 1.807) is 24.2 Å². The Kier molecular flexibility index (Phi) is 6.85. The van der Waals surface area contributed by atoms with Crippen LogP contribution in [0.5, 0.6) is 0 Å². The van der Waals surface area contributed by atoms with Crippen molar-refractivity contribution < 1.29 is 4.79 Å². The molecule has 1 aromatic heterocycles. The van der Waals surface area contributed by atoms with Gasteiger partial charge < -0.3 is 4.90 Å². The molecule has 1 heterocycles. The second kappa shape index (κ2) is 9.12. The quantitative estimate of drug-likeness (QED) is 0.561. The molecule has 1 aliphatic carbocycles. The first-order valence-electron chi connectivity index (χ1n) is 8.84. The van der Waals surface area contributed by atoms with Crippen molar-refractivity contribution in [1.29, 1.82) is 0 Å². The first kappa shape index (κ1) is 19.5. The highest BCUT2D eigenvalue weighted by molar-refractivity contribution is 7.98. The van der Waals surface area contributed by atoms with E-state index in [0.29, 0.717) is 27.4 Å². The molecule has 0 unspecified atom stereocenters. The minimum atomic E-state index is 0.0482. The van der Waals surface area contributed by atoms with Crippen LogP contribution >= 0.6 is 35.0 Å². The number of benzene rings is 1. The van der Waals surface area contributed by atoms with Crippen LogP contribution in [0.1, 0.15) is 48.0 Å². The Morgan fingerprint density at radius 1 is 1.19 bits per heavy atom. The van der Waals surface area contributed by atoms with Crippen LogP contribution in [0, 0.1) is 0 Å². The number of hydrogen-bond acceptors (Lipinski definition) is 3. The lowest BCUT2D eigenvalue weighted by molar-refractivity contribution is 0.0695. The molecule has 1 saturated carbocycles. The fourth-order valence-corrected chi connectivity index (χ4v) is 4.90. The Labute approximate surface area is 169 Å². The van der Waals surface area contributed by atoms with Crippen LogP contribution in [0.25, 0.3) is 0 Å². The number of carbonyl (C=O) groups excluding carboxylic acids is 1. The summed E-state index contributed by atoms with van der Waals surface area (Å²) in [5, 5.41) is 1.28. The zero-order valence-corrected chi connectivity index (χ0v) is 17.1. The minimum absolute atomic E-state index is 0.0482. The molecule has 138 valence electrons. The molecule has 3 rings (SSSR count). The molecule has 26 heavy (non-hydrogen) atoms. The minimum Gasteiger partial charge on any atom is -0.339 e. The van der Waals surface area contributed by atoms with E-state index in [1.807, 2.05) is 36.2 Å². The maximum atomic E-state index is 12.8. The fourth-order valence-electron chi connectivity index (χ4n) is 3.30. The average molecular weight is 409 g/mol. The van der Waals surface area contributed by atoms with Crippen molar-refractivity contribution in [3.63, 3.8) is 0 Å². The molecule has 1 aromatic carbocycles. The number of pyridine rings is 1. The molecule has 0 radical (unpaired) electrons. The van der Waals surface area contributed by atoms with Crippen LogP contribution in [-0.4, -0.2) is 28.9 Å². The lowest BCUT2D eigenvalue weighted by Crippen LogP contribution is -2.38. The summed E-state index contributed by atoms with van der Waals surface area (Å²) in [7, 11) is 1.91. The number of nitrogens with zero attached hydrogens (tertiary/aromatic N) is 2. The number of rotatable bonds is 5. The van der Waals surface area contributed by atoms with Gasteiger partial charge in [-0.2, -0.15) is 0 Å². The Morgan fingerprint density at radius 2 is 1.88 bits per heavy atom. The van der Waals surface area contributed by atoms with Crippen LogP contribution in [-0.2, 0) is 5.75 Å². The van der Waals surface area contributed by atoms with Gasteiger partial charge in [0.1, 0.15) is 0 Å². The van der Waals surface area contributed by atoms with Gasteiger partial charge in [0, 0.05) is 36.1 Å². The molecule has 1 aliphatic rings. The number of amides is 1. The van der Waals surface area contributed by atoms with E-state index in [4.69, 9.17) is 23.2 Å². The van der Waals surface area contributed by atoms with Crippen LogP contribution in [0.3, 0.4) is 0 Å². The summed E-state index contributed by atoms with van der Waals surface area (Å²) in [5.41, 5.74) is 1.62. The second-order valence-corrected chi connectivity index (χ2v) is 8.43. The maximum Gasteiger partial charge on any atom is 0.255 e. The number of carbonyl (C=O) groups is 1. The van der Waals surface area contributed by atoms with Gasteiger partial charge in [0.05, 0.1) is 15.6 Å². The third-order valence-corrected chi connectivity index (χ3v) is 6.85. The van der Waals surface area contributed by atoms with Gasteiger partial charge >= 0.3 is 0 Å². The largest absolute Gasteiger partial charge is 0.339 e. The van der Waals surface area contributed by atoms with Crippen LogP contribution < -0.4 is 0 Å². The smallest absolute Gasteiger partial charge is 0.255 e. The molecule has 3 nitrogen and oxygen atoms in total. The predicted octanol–water partition coefficient (Wildman–Crippen LogP) is 6.09. The summed E-state index contributed by atoms with van der Waals surface area (Å²) < 4.78 is 0. The Bertz CT molecular complexity index is 758. The summed E-state index contributed by atoms with van der Waals surface area (Å²) in [6.07, 6.45) is 9.31. The van der Waals surface area contributed by atoms with Crippen molar-refractivity contribution in [2.75, 3.05) is 7.05 Å². The summed E-state index contributed by atoms with van der Waals surface area (Å²) in [5.74, 6) is 0.706. The standard InChI is InChI=1S/C20H22Cl2N2OS/c1-24(16-6-3-2-4-7-16)20(25)15-10-14(11-23-12-15)13-26-19-17(21)8-5-9-18(19)22/h5,8-12,16H,2-4,6-7,13H2,1H3. The van der Waals surface area contributed by atoms with E-state index in [1.165, 1.54) is 19.3 Å². The zero-order valence-electron chi connectivity index (χ0n) is 14.8. The number of thioether (sulfide) groups is 1. The highest BCUT2D eigenvalue weighted by Crippen LogP contribution is 2.35. The number of aromatic nitrogens is 1. The van der Waals surface area contributed by atoms with Crippen LogP contribution in [0.2, 0.25) is 10.0 Å². The van der Waals surface area contributed by atoms with Gasteiger partial charge in [-0.1, -0.05) is 48.5 Å². The number of halogens is 2. The molecule has 1 amide bonds. The highest BCUT2D eigenvalue weighted by atomic mass is 35.5. The van der Waals surface area contributed by atoms with Gasteiger partial charge in [0.15, 0.2) is 0 Å². The van der Waals surface area contributed by atoms with Crippen LogP contribution in [0.15, 0.2) is 41.6 Å². The SMILES string of the molecule is CN(C(=O)c1cncc(CSc2c(Cl)cccc2Cl)c1)C1CCCCC1. The van der Waals surface area contributed by atoms with Gasteiger partial charge in [0.25, 0.3) is 5.91 Å². The first-order valence-corrected chi connectivity index (χ1v) is 10.6. The monoisotopic (exact) mass is 408 g/mol. The van der Waals surface area contributed by atoms with Gasteiger partial charge in [-0.05, 0) is 36.6 Å². The predicted molar refractivity (Wildman–Crippen MR) is 109 cm³/mol. The number of hydrogen-bond donors (Lipinski definition) is 0. The molecule has 0 saturated heterocycles. The van der Waals surface area contributed by atoms with E-state index >= 15 is 0 Å². The van der Waals surface area contributed by atoms with E-state index in [2.05, 4.69) is 4.98 Å². The summed E-state index contributed by atoms with van der Waals surface area (Å²) in [4.78, 5) is 19.8. The summed E-state index contributed by atoms with van der Waals surface area (Å²) >= 11 is 14.0. The molecule has 2 aromatic rings. The van der Waals surface area contributed by atoms with Crippen molar-refractivity contribution in [2.24, 2.45) is 0 Å². The third kappa shape index (κ3) is 4.73. The van der Waals surface area contributed by atoms with E-state index in [0.717, 1.165) is 23.3 Å². The highest BCUT2D eigenvalue weighted by Gasteiger charge is 2.23. The molecule has 0 bridgehead atoms. The first-order chi connectivity index (χ1) is 12.6. The van der Waals surface area contributed by atoms with Crippen LogP contribution in [0.4, 0.5) is 0 Å². The summed E-state index contributed by atoms with van der Waals surface area (Å²) in [6.45, 7) is 0. The molecular formula is C20H22Cl2N2OS. The summed E-state index contributed by atoms with van der Waals surface area (Å²) in [6, 6.07) is 7.75. The molecule has 0 aliphatic heterocycles. The van der Waals surface area contributed by atoms with Gasteiger partial charge in [-0.25, -0.2) is 0 Å². The Hall–Kier alpha value is -1.23. The topological polar surface area (TPSA) is 33.2 Å². The second-order valence-electron chi connectivity index (χ2n) is 6.63. The Balaban J connectivity index is 1.68. The van der Waals surface area contributed by atoms with Crippen molar-refractivity contribution >= 4 is 40.9 Å². The normalized spacial score (nSPS) is 15.0. The average Bonchev–Trinajstić information content (AvgIpc) is 2.67.